The molecule has 1 saturated carbocycles. The Labute approximate surface area is 121 Å². The lowest BCUT2D eigenvalue weighted by atomic mass is 10.2. The van der Waals surface area contributed by atoms with Gasteiger partial charge in [-0.2, -0.15) is 0 Å². The van der Waals surface area contributed by atoms with Gasteiger partial charge in [0.25, 0.3) is 0 Å². The Morgan fingerprint density at radius 3 is 2.95 bits per heavy atom. The van der Waals surface area contributed by atoms with Gasteiger partial charge in [0.2, 0.25) is 0 Å². The molecule has 1 aromatic heterocycles. The highest BCUT2D eigenvalue weighted by molar-refractivity contribution is 9.10. The molecule has 1 heterocycles. The Kier molecular flexibility index (Phi) is 3.80. The minimum atomic E-state index is 0.685. The maximum Gasteiger partial charge on any atom is 0.145 e. The molecular weight excluding hydrogens is 304 g/mol. The summed E-state index contributed by atoms with van der Waals surface area (Å²) in [6, 6.07) is 10.5. The lowest BCUT2D eigenvalue weighted by molar-refractivity contribution is 0.470. The number of benzene rings is 1. The molecule has 3 rings (SSSR count). The van der Waals surface area contributed by atoms with Gasteiger partial charge in [0.05, 0.1) is 6.20 Å². The fourth-order valence-corrected chi connectivity index (χ4v) is 2.27. The molecule has 1 N–H and O–H groups in total. The van der Waals surface area contributed by atoms with Gasteiger partial charge in [-0.25, -0.2) is 0 Å². The van der Waals surface area contributed by atoms with Crippen LogP contribution in [0.15, 0.2) is 47.2 Å². The average molecular weight is 319 g/mol. The minimum Gasteiger partial charge on any atom is -0.455 e. The Balaban J connectivity index is 1.78. The second kappa shape index (κ2) is 5.72. The van der Waals surface area contributed by atoms with Crippen LogP contribution in [-0.4, -0.2) is 11.0 Å². The van der Waals surface area contributed by atoms with Gasteiger partial charge in [-0.15, -0.1) is 0 Å². The molecule has 0 atom stereocenters. The van der Waals surface area contributed by atoms with Gasteiger partial charge in [-0.1, -0.05) is 15.9 Å². The summed E-state index contributed by atoms with van der Waals surface area (Å²) in [5.74, 6) is 1.64. The largest absolute Gasteiger partial charge is 0.455 e. The molecule has 4 heteroatoms. The number of aromatic nitrogens is 1. The molecule has 19 heavy (non-hydrogen) atoms. The SMILES string of the molecule is Brc1ccc(Oc2cccnc2)c(CNC2CC2)c1. The van der Waals surface area contributed by atoms with Crippen molar-refractivity contribution < 1.29 is 4.74 Å². The maximum atomic E-state index is 5.89. The highest BCUT2D eigenvalue weighted by Gasteiger charge is 2.20. The second-order valence-electron chi connectivity index (χ2n) is 4.70. The lowest BCUT2D eigenvalue weighted by Crippen LogP contribution is -2.15. The molecule has 98 valence electrons. The number of hydrogen-bond donors (Lipinski definition) is 1. The van der Waals surface area contributed by atoms with Crippen LogP contribution in [0.5, 0.6) is 11.5 Å². The highest BCUT2D eigenvalue weighted by Crippen LogP contribution is 2.28. The van der Waals surface area contributed by atoms with E-state index in [0.29, 0.717) is 6.04 Å². The molecule has 1 aliphatic carbocycles. The van der Waals surface area contributed by atoms with E-state index in [4.69, 9.17) is 4.74 Å². The molecule has 0 bridgehead atoms. The molecule has 0 unspecified atom stereocenters. The van der Waals surface area contributed by atoms with Crippen molar-refractivity contribution in [1.29, 1.82) is 0 Å². The second-order valence-corrected chi connectivity index (χ2v) is 5.61. The van der Waals surface area contributed by atoms with Crippen LogP contribution in [0.2, 0.25) is 0 Å². The van der Waals surface area contributed by atoms with Gasteiger partial charge < -0.3 is 10.1 Å². The summed E-state index contributed by atoms with van der Waals surface area (Å²) in [4.78, 5) is 4.06. The number of nitrogens with zero attached hydrogens (tertiary/aromatic N) is 1. The van der Waals surface area contributed by atoms with Gasteiger partial charge in [-0.05, 0) is 43.2 Å². The van der Waals surface area contributed by atoms with Crippen LogP contribution in [0, 0.1) is 0 Å². The van der Waals surface area contributed by atoms with Crippen molar-refractivity contribution in [3.8, 4) is 11.5 Å². The molecule has 0 saturated heterocycles. The zero-order valence-electron chi connectivity index (χ0n) is 10.5. The summed E-state index contributed by atoms with van der Waals surface area (Å²) < 4.78 is 6.96. The number of hydrogen-bond acceptors (Lipinski definition) is 3. The molecule has 3 nitrogen and oxygen atoms in total. The first-order chi connectivity index (χ1) is 9.31. The van der Waals surface area contributed by atoms with E-state index in [9.17, 15) is 0 Å². The third-order valence-corrected chi connectivity index (χ3v) is 3.54. The van der Waals surface area contributed by atoms with Crippen molar-refractivity contribution in [3.63, 3.8) is 0 Å². The van der Waals surface area contributed by atoms with E-state index in [2.05, 4.69) is 32.3 Å². The summed E-state index contributed by atoms with van der Waals surface area (Å²) in [7, 11) is 0. The normalized spacial score (nSPS) is 14.4. The lowest BCUT2D eigenvalue weighted by Gasteiger charge is -2.12. The molecule has 1 fully saturated rings. The molecule has 0 radical (unpaired) electrons. The standard InChI is InChI=1S/C15H15BrN2O/c16-12-3-6-15(19-14-2-1-7-17-10-14)11(8-12)9-18-13-4-5-13/h1-3,6-8,10,13,18H,4-5,9H2. The van der Waals surface area contributed by atoms with Crippen LogP contribution in [0.4, 0.5) is 0 Å². The van der Waals surface area contributed by atoms with E-state index in [1.165, 1.54) is 12.8 Å². The Morgan fingerprint density at radius 2 is 2.21 bits per heavy atom. The first-order valence-electron chi connectivity index (χ1n) is 6.41. The molecule has 0 amide bonds. The zero-order chi connectivity index (χ0) is 13.1. The van der Waals surface area contributed by atoms with E-state index in [1.807, 2.05) is 24.3 Å². The van der Waals surface area contributed by atoms with E-state index in [0.717, 1.165) is 28.1 Å². The fourth-order valence-electron chi connectivity index (χ4n) is 1.86. The predicted molar refractivity (Wildman–Crippen MR) is 78.3 cm³/mol. The van der Waals surface area contributed by atoms with E-state index < -0.39 is 0 Å². The Hall–Kier alpha value is -1.39. The summed E-state index contributed by atoms with van der Waals surface area (Å²) in [6.07, 6.45) is 6.03. The summed E-state index contributed by atoms with van der Waals surface area (Å²) in [5.41, 5.74) is 1.16. The van der Waals surface area contributed by atoms with Crippen molar-refractivity contribution in [3.05, 3.63) is 52.8 Å². The molecular formula is C15H15BrN2O. The Morgan fingerprint density at radius 1 is 1.32 bits per heavy atom. The van der Waals surface area contributed by atoms with E-state index in [1.54, 1.807) is 12.4 Å². The van der Waals surface area contributed by atoms with E-state index >= 15 is 0 Å². The van der Waals surface area contributed by atoms with Crippen molar-refractivity contribution in [1.82, 2.24) is 10.3 Å². The first-order valence-corrected chi connectivity index (χ1v) is 7.20. The third-order valence-electron chi connectivity index (χ3n) is 3.04. The molecule has 0 spiro atoms. The average Bonchev–Trinajstić information content (AvgIpc) is 3.24. The van der Waals surface area contributed by atoms with Gasteiger partial charge >= 0.3 is 0 Å². The number of ether oxygens (including phenoxy) is 1. The summed E-state index contributed by atoms with van der Waals surface area (Å²) >= 11 is 3.51. The number of nitrogens with one attached hydrogen (secondary N) is 1. The number of pyridine rings is 1. The van der Waals surface area contributed by atoms with Gasteiger partial charge in [0.1, 0.15) is 11.5 Å². The number of halogens is 1. The van der Waals surface area contributed by atoms with Crippen LogP contribution in [-0.2, 0) is 6.54 Å². The van der Waals surface area contributed by atoms with Crippen molar-refractivity contribution >= 4 is 15.9 Å². The van der Waals surface area contributed by atoms with Crippen molar-refractivity contribution in [2.24, 2.45) is 0 Å². The van der Waals surface area contributed by atoms with Gasteiger partial charge in [0, 0.05) is 28.8 Å². The van der Waals surface area contributed by atoms with Crippen LogP contribution in [0.3, 0.4) is 0 Å². The van der Waals surface area contributed by atoms with Crippen molar-refractivity contribution in [2.75, 3.05) is 0 Å². The smallest absolute Gasteiger partial charge is 0.145 e. The van der Waals surface area contributed by atoms with Crippen molar-refractivity contribution in [2.45, 2.75) is 25.4 Å². The van der Waals surface area contributed by atoms with Crippen LogP contribution < -0.4 is 10.1 Å². The number of rotatable bonds is 5. The minimum absolute atomic E-state index is 0.685. The quantitative estimate of drug-likeness (QED) is 0.908. The molecule has 1 aromatic carbocycles. The monoisotopic (exact) mass is 318 g/mol. The first kappa shape index (κ1) is 12.6. The summed E-state index contributed by atoms with van der Waals surface area (Å²) in [6.45, 7) is 0.833. The Bertz CT molecular complexity index is 555. The topological polar surface area (TPSA) is 34.1 Å². The van der Waals surface area contributed by atoms with Crippen LogP contribution in [0.25, 0.3) is 0 Å². The highest BCUT2D eigenvalue weighted by atomic mass is 79.9. The third kappa shape index (κ3) is 3.55. The summed E-state index contributed by atoms with van der Waals surface area (Å²) in [5, 5.41) is 3.51. The zero-order valence-corrected chi connectivity index (χ0v) is 12.1. The molecule has 2 aromatic rings. The van der Waals surface area contributed by atoms with Gasteiger partial charge in [-0.3, -0.25) is 4.98 Å². The maximum absolute atomic E-state index is 5.89. The van der Waals surface area contributed by atoms with Gasteiger partial charge in [0.15, 0.2) is 0 Å². The molecule has 0 aliphatic heterocycles. The van der Waals surface area contributed by atoms with Crippen LogP contribution >= 0.6 is 15.9 Å². The molecule has 1 aliphatic rings. The van der Waals surface area contributed by atoms with E-state index in [-0.39, 0.29) is 0 Å². The fraction of sp³-hybridized carbons (Fsp3) is 0.267. The predicted octanol–water partition coefficient (Wildman–Crippen LogP) is 3.89. The van der Waals surface area contributed by atoms with Crippen LogP contribution in [0.1, 0.15) is 18.4 Å².